The van der Waals surface area contributed by atoms with Gasteiger partial charge in [-0.3, -0.25) is 0 Å². The zero-order chi connectivity index (χ0) is 14.4. The summed E-state index contributed by atoms with van der Waals surface area (Å²) in [5, 5.41) is 5.74. The van der Waals surface area contributed by atoms with Crippen LogP contribution in [0.15, 0.2) is 5.03 Å². The lowest BCUT2D eigenvalue weighted by atomic mass is 9.91. The Morgan fingerprint density at radius 3 is 2.86 bits per heavy atom. The summed E-state index contributed by atoms with van der Waals surface area (Å²) in [6.07, 6.45) is 1.16. The zero-order valence-corrected chi connectivity index (χ0v) is 13.8. The molecule has 1 aromatic rings. The van der Waals surface area contributed by atoms with E-state index >= 15 is 0 Å². The highest BCUT2D eigenvalue weighted by molar-refractivity contribution is 8.00. The maximum absolute atomic E-state index is 6.53. The number of aromatic nitrogens is 2. The van der Waals surface area contributed by atoms with Gasteiger partial charge in [-0.1, -0.05) is 11.6 Å². The number of anilines is 1. The lowest BCUT2D eigenvalue weighted by Crippen LogP contribution is -2.44. The SMILES string of the molecule is CN1CCC2c3c(Cl)nc(N4CCNCC4)nc3SC2C1. The van der Waals surface area contributed by atoms with E-state index in [1.165, 1.54) is 5.56 Å². The summed E-state index contributed by atoms with van der Waals surface area (Å²) in [4.78, 5) is 14.1. The molecule has 0 saturated carbocycles. The highest BCUT2D eigenvalue weighted by atomic mass is 35.5. The zero-order valence-electron chi connectivity index (χ0n) is 12.2. The maximum atomic E-state index is 6.53. The largest absolute Gasteiger partial charge is 0.338 e. The van der Waals surface area contributed by atoms with E-state index in [4.69, 9.17) is 16.6 Å². The summed E-state index contributed by atoms with van der Waals surface area (Å²) in [7, 11) is 2.19. The van der Waals surface area contributed by atoms with Crippen LogP contribution in [0.1, 0.15) is 17.9 Å². The second-order valence-corrected chi connectivity index (χ2v) is 7.67. The molecular formula is C14H20ClN5S. The molecule has 3 aliphatic rings. The molecule has 21 heavy (non-hydrogen) atoms. The van der Waals surface area contributed by atoms with Gasteiger partial charge in [0.15, 0.2) is 0 Å². The van der Waals surface area contributed by atoms with E-state index in [0.717, 1.165) is 56.7 Å². The molecule has 5 nitrogen and oxygen atoms in total. The van der Waals surface area contributed by atoms with Crippen molar-refractivity contribution in [1.82, 2.24) is 20.2 Å². The number of halogens is 1. The number of nitrogens with zero attached hydrogens (tertiary/aromatic N) is 4. The van der Waals surface area contributed by atoms with E-state index in [1.807, 2.05) is 11.8 Å². The molecule has 2 fully saturated rings. The van der Waals surface area contributed by atoms with Crippen molar-refractivity contribution in [3.63, 3.8) is 0 Å². The molecule has 0 bridgehead atoms. The second-order valence-electron chi connectivity index (χ2n) is 6.08. The van der Waals surface area contributed by atoms with Crippen molar-refractivity contribution in [3.05, 3.63) is 10.7 Å². The fraction of sp³-hybridized carbons (Fsp3) is 0.714. The number of piperazine rings is 1. The second kappa shape index (κ2) is 5.57. The number of hydrogen-bond donors (Lipinski definition) is 1. The van der Waals surface area contributed by atoms with Gasteiger partial charge in [-0.25, -0.2) is 9.97 Å². The molecule has 0 aromatic carbocycles. The molecule has 0 spiro atoms. The molecule has 3 aliphatic heterocycles. The number of likely N-dealkylation sites (tertiary alicyclic amines) is 1. The van der Waals surface area contributed by atoms with Crippen LogP contribution < -0.4 is 10.2 Å². The molecule has 2 atom stereocenters. The Bertz CT molecular complexity index is 548. The Morgan fingerprint density at radius 1 is 1.24 bits per heavy atom. The van der Waals surface area contributed by atoms with Crippen molar-refractivity contribution in [2.24, 2.45) is 0 Å². The molecular weight excluding hydrogens is 306 g/mol. The van der Waals surface area contributed by atoms with Crippen molar-refractivity contribution in [3.8, 4) is 0 Å². The van der Waals surface area contributed by atoms with E-state index in [2.05, 4.69) is 27.1 Å². The van der Waals surface area contributed by atoms with E-state index in [0.29, 0.717) is 16.3 Å². The number of piperidine rings is 1. The van der Waals surface area contributed by atoms with Crippen LogP contribution in [0.5, 0.6) is 0 Å². The minimum Gasteiger partial charge on any atom is -0.338 e. The molecule has 4 heterocycles. The molecule has 2 saturated heterocycles. The first-order chi connectivity index (χ1) is 10.2. The molecule has 0 amide bonds. The van der Waals surface area contributed by atoms with Crippen LogP contribution in [0.2, 0.25) is 5.15 Å². The summed E-state index contributed by atoms with van der Waals surface area (Å²) in [5.41, 5.74) is 1.21. The number of fused-ring (bicyclic) bond motifs is 3. The minimum absolute atomic E-state index is 0.533. The van der Waals surface area contributed by atoms with E-state index in [-0.39, 0.29) is 0 Å². The van der Waals surface area contributed by atoms with Gasteiger partial charge in [-0.2, -0.15) is 0 Å². The minimum atomic E-state index is 0.533. The molecule has 0 radical (unpaired) electrons. The van der Waals surface area contributed by atoms with Gasteiger partial charge in [0.25, 0.3) is 0 Å². The van der Waals surface area contributed by atoms with Crippen molar-refractivity contribution >= 4 is 29.3 Å². The van der Waals surface area contributed by atoms with Gasteiger partial charge in [-0.15, -0.1) is 11.8 Å². The third-order valence-corrected chi connectivity index (χ3v) is 6.25. The Morgan fingerprint density at radius 2 is 2.05 bits per heavy atom. The van der Waals surface area contributed by atoms with Crippen LogP contribution in [0.25, 0.3) is 0 Å². The molecule has 4 rings (SSSR count). The van der Waals surface area contributed by atoms with E-state index in [9.17, 15) is 0 Å². The van der Waals surface area contributed by atoms with Crippen LogP contribution >= 0.6 is 23.4 Å². The number of rotatable bonds is 1. The highest BCUT2D eigenvalue weighted by Crippen LogP contribution is 2.50. The first-order valence-electron chi connectivity index (χ1n) is 7.60. The van der Waals surface area contributed by atoms with Crippen molar-refractivity contribution in [1.29, 1.82) is 0 Å². The van der Waals surface area contributed by atoms with Crippen LogP contribution in [0.3, 0.4) is 0 Å². The Balaban J connectivity index is 1.65. The van der Waals surface area contributed by atoms with E-state index < -0.39 is 0 Å². The first kappa shape index (κ1) is 14.1. The van der Waals surface area contributed by atoms with Gasteiger partial charge >= 0.3 is 0 Å². The van der Waals surface area contributed by atoms with Crippen molar-refractivity contribution < 1.29 is 0 Å². The Labute approximate surface area is 134 Å². The van der Waals surface area contributed by atoms with Crippen molar-refractivity contribution in [2.45, 2.75) is 22.6 Å². The fourth-order valence-corrected chi connectivity index (χ4v) is 5.41. The summed E-state index contributed by atoms with van der Waals surface area (Å²) >= 11 is 8.43. The topological polar surface area (TPSA) is 44.3 Å². The highest BCUT2D eigenvalue weighted by Gasteiger charge is 2.40. The fourth-order valence-electron chi connectivity index (χ4n) is 3.48. The lowest BCUT2D eigenvalue weighted by Gasteiger charge is -2.31. The van der Waals surface area contributed by atoms with Crippen LogP contribution in [0, 0.1) is 0 Å². The quantitative estimate of drug-likeness (QED) is 0.788. The van der Waals surface area contributed by atoms with Gasteiger partial charge in [0.1, 0.15) is 10.2 Å². The Kier molecular flexibility index (Phi) is 3.73. The smallest absolute Gasteiger partial charge is 0.227 e. The molecule has 1 aromatic heterocycles. The third-order valence-electron chi connectivity index (χ3n) is 4.65. The molecule has 1 N–H and O–H groups in total. The van der Waals surface area contributed by atoms with Gasteiger partial charge in [0.2, 0.25) is 5.95 Å². The summed E-state index contributed by atoms with van der Waals surface area (Å²) < 4.78 is 0. The molecule has 7 heteroatoms. The normalized spacial score (nSPS) is 29.3. The summed E-state index contributed by atoms with van der Waals surface area (Å²) in [5.74, 6) is 1.34. The van der Waals surface area contributed by atoms with Crippen LogP contribution in [-0.4, -0.2) is 66.4 Å². The molecule has 114 valence electrons. The lowest BCUT2D eigenvalue weighted by molar-refractivity contribution is 0.264. The third kappa shape index (κ3) is 2.52. The average molecular weight is 326 g/mol. The number of hydrogen-bond acceptors (Lipinski definition) is 6. The van der Waals surface area contributed by atoms with Crippen LogP contribution in [-0.2, 0) is 0 Å². The van der Waals surface area contributed by atoms with E-state index in [1.54, 1.807) is 0 Å². The standard InChI is InChI=1S/C14H20ClN5S/c1-19-5-2-9-10(8-19)21-13-11(9)12(15)17-14(18-13)20-6-3-16-4-7-20/h9-10,16H,2-8H2,1H3. The first-order valence-corrected chi connectivity index (χ1v) is 8.86. The van der Waals surface area contributed by atoms with Crippen LogP contribution in [0.4, 0.5) is 5.95 Å². The average Bonchev–Trinajstić information content (AvgIpc) is 2.85. The predicted molar refractivity (Wildman–Crippen MR) is 86.6 cm³/mol. The summed E-state index contributed by atoms with van der Waals surface area (Å²) in [6.45, 7) is 6.13. The monoisotopic (exact) mass is 325 g/mol. The van der Waals surface area contributed by atoms with Crippen molar-refractivity contribution in [2.75, 3.05) is 51.2 Å². The Hall–Kier alpha value is -0.560. The molecule has 2 unspecified atom stereocenters. The summed E-state index contributed by atoms with van der Waals surface area (Å²) in [6, 6.07) is 0. The van der Waals surface area contributed by atoms with Gasteiger partial charge in [0.05, 0.1) is 0 Å². The number of nitrogens with one attached hydrogen (secondary N) is 1. The number of thioether (sulfide) groups is 1. The van der Waals surface area contributed by atoms with Gasteiger partial charge < -0.3 is 15.1 Å². The van der Waals surface area contributed by atoms with Gasteiger partial charge in [-0.05, 0) is 20.0 Å². The molecule has 0 aliphatic carbocycles. The van der Waals surface area contributed by atoms with Gasteiger partial charge in [0, 0.05) is 49.5 Å². The predicted octanol–water partition coefficient (Wildman–Crippen LogP) is 1.43. The maximum Gasteiger partial charge on any atom is 0.227 e.